The molecule has 3 aromatic carbocycles. The highest BCUT2D eigenvalue weighted by atomic mass is 35.5. The molecule has 1 amide bonds. The van der Waals surface area contributed by atoms with E-state index in [2.05, 4.69) is 20.8 Å². The molecule has 0 spiro atoms. The summed E-state index contributed by atoms with van der Waals surface area (Å²) in [6, 6.07) is 23.9. The van der Waals surface area contributed by atoms with Crippen LogP contribution in [0.25, 0.3) is 22.6 Å². The Morgan fingerprint density at radius 2 is 1.67 bits per heavy atom. The van der Waals surface area contributed by atoms with E-state index in [4.69, 9.17) is 16.0 Å². The zero-order valence-corrected chi connectivity index (χ0v) is 20.2. The number of halogens is 2. The normalized spacial score (nSPS) is 11.1. The quantitative estimate of drug-likeness (QED) is 0.175. The first-order valence-corrected chi connectivity index (χ1v) is 12.1. The van der Waals surface area contributed by atoms with Crippen LogP contribution in [0.15, 0.2) is 99.8 Å². The highest BCUT2D eigenvalue weighted by Gasteiger charge is 2.09. The summed E-state index contributed by atoms with van der Waals surface area (Å²) in [5, 5.41) is 10.6. The number of hydrogen-bond acceptors (Lipinski definition) is 6. The number of anilines is 2. The number of carbonyl (C=O) groups is 1. The third-order valence-electron chi connectivity index (χ3n) is 5.16. The molecule has 0 unspecified atom stereocenters. The monoisotopic (exact) mass is 516 g/mol. The lowest BCUT2D eigenvalue weighted by Crippen LogP contribution is -2.17. The first-order chi connectivity index (χ1) is 17.5. The van der Waals surface area contributed by atoms with Crippen LogP contribution in [0.2, 0.25) is 5.02 Å². The number of amides is 1. The van der Waals surface area contributed by atoms with Crippen LogP contribution in [-0.4, -0.2) is 17.1 Å². The molecule has 0 fully saturated rings. The van der Waals surface area contributed by atoms with E-state index in [0.29, 0.717) is 22.1 Å². The first kappa shape index (κ1) is 23.5. The maximum Gasteiger partial charge on any atom is 0.271 e. The Balaban J connectivity index is 1.18. The van der Waals surface area contributed by atoms with Crippen molar-refractivity contribution in [1.82, 2.24) is 10.4 Å². The summed E-state index contributed by atoms with van der Waals surface area (Å²) < 4.78 is 18.7. The van der Waals surface area contributed by atoms with Gasteiger partial charge in [-0.05, 0) is 72.8 Å². The lowest BCUT2D eigenvalue weighted by Gasteiger charge is -2.03. The smallest absolute Gasteiger partial charge is 0.271 e. The number of aromatic nitrogens is 1. The molecule has 9 heteroatoms. The lowest BCUT2D eigenvalue weighted by molar-refractivity contribution is 0.0955. The molecule has 0 aliphatic rings. The molecule has 0 radical (unpaired) electrons. The molecule has 0 saturated heterocycles. The zero-order valence-electron chi connectivity index (χ0n) is 18.6. The van der Waals surface area contributed by atoms with Gasteiger partial charge in [0.05, 0.1) is 11.9 Å². The Kier molecular flexibility index (Phi) is 6.88. The maximum atomic E-state index is 13.1. The van der Waals surface area contributed by atoms with Gasteiger partial charge in [0.1, 0.15) is 17.3 Å². The molecule has 2 heterocycles. The van der Waals surface area contributed by atoms with Gasteiger partial charge in [-0.1, -0.05) is 23.7 Å². The van der Waals surface area contributed by atoms with Gasteiger partial charge in [0, 0.05) is 32.8 Å². The fraction of sp³-hybridized carbons (Fsp3) is 0. The van der Waals surface area contributed by atoms with E-state index in [-0.39, 0.29) is 11.7 Å². The molecular formula is C27H18ClFN4O2S. The van der Waals surface area contributed by atoms with Crippen LogP contribution in [0.1, 0.15) is 16.1 Å². The predicted octanol–water partition coefficient (Wildman–Crippen LogP) is 7.37. The van der Waals surface area contributed by atoms with Crippen molar-refractivity contribution >= 4 is 45.9 Å². The van der Waals surface area contributed by atoms with Crippen molar-refractivity contribution in [2.75, 3.05) is 5.32 Å². The van der Waals surface area contributed by atoms with Crippen molar-refractivity contribution in [3.05, 3.63) is 112 Å². The highest BCUT2D eigenvalue weighted by Crippen LogP contribution is 2.28. The van der Waals surface area contributed by atoms with Crippen LogP contribution >= 0.6 is 22.9 Å². The minimum Gasteiger partial charge on any atom is -0.455 e. The van der Waals surface area contributed by atoms with Gasteiger partial charge in [-0.3, -0.25) is 4.79 Å². The largest absolute Gasteiger partial charge is 0.455 e. The van der Waals surface area contributed by atoms with Crippen LogP contribution in [0, 0.1) is 5.82 Å². The summed E-state index contributed by atoms with van der Waals surface area (Å²) in [7, 11) is 0. The van der Waals surface area contributed by atoms with Crippen LogP contribution in [0.3, 0.4) is 0 Å². The van der Waals surface area contributed by atoms with Gasteiger partial charge in [0.15, 0.2) is 5.13 Å². The van der Waals surface area contributed by atoms with E-state index in [1.165, 1.54) is 29.7 Å². The van der Waals surface area contributed by atoms with E-state index >= 15 is 0 Å². The van der Waals surface area contributed by atoms with Gasteiger partial charge in [-0.25, -0.2) is 14.8 Å². The topological polar surface area (TPSA) is 79.5 Å². The second-order valence-corrected chi connectivity index (χ2v) is 8.95. The van der Waals surface area contributed by atoms with E-state index in [9.17, 15) is 9.18 Å². The molecule has 0 saturated carbocycles. The van der Waals surface area contributed by atoms with Crippen molar-refractivity contribution in [3.63, 3.8) is 0 Å². The standard InChI is InChI=1S/C27H18ClFN4O2S/c28-20-7-11-22(12-8-20)31-27-32-24(16-36-27)17-1-3-19(4-2-17)26(34)33-30-15-23-13-14-25(35-23)18-5-9-21(29)10-6-18/h1-16H,(H,31,32)(H,33,34)/b30-15-. The average molecular weight is 517 g/mol. The number of carbonyl (C=O) groups excluding carboxylic acids is 1. The highest BCUT2D eigenvalue weighted by molar-refractivity contribution is 7.14. The molecule has 0 atom stereocenters. The third-order valence-corrected chi connectivity index (χ3v) is 6.17. The summed E-state index contributed by atoms with van der Waals surface area (Å²) >= 11 is 7.41. The van der Waals surface area contributed by atoms with Gasteiger partial charge >= 0.3 is 0 Å². The van der Waals surface area contributed by atoms with Gasteiger partial charge in [0.25, 0.3) is 5.91 Å². The molecule has 2 N–H and O–H groups in total. The summed E-state index contributed by atoms with van der Waals surface area (Å²) in [5.41, 5.74) is 6.27. The number of nitrogens with zero attached hydrogens (tertiary/aromatic N) is 2. The first-order valence-electron chi connectivity index (χ1n) is 10.8. The summed E-state index contributed by atoms with van der Waals surface area (Å²) in [6.07, 6.45) is 1.41. The van der Waals surface area contributed by atoms with Crippen molar-refractivity contribution in [2.24, 2.45) is 5.10 Å². The van der Waals surface area contributed by atoms with Crippen molar-refractivity contribution < 1.29 is 13.6 Å². The van der Waals surface area contributed by atoms with Crippen molar-refractivity contribution in [3.8, 4) is 22.6 Å². The van der Waals surface area contributed by atoms with E-state index < -0.39 is 0 Å². The van der Waals surface area contributed by atoms with Crippen molar-refractivity contribution in [2.45, 2.75) is 0 Å². The van der Waals surface area contributed by atoms with Crippen LogP contribution in [0.4, 0.5) is 15.2 Å². The number of hydrazone groups is 1. The minimum atomic E-state index is -0.355. The van der Waals surface area contributed by atoms with Crippen LogP contribution in [0.5, 0.6) is 0 Å². The predicted molar refractivity (Wildman–Crippen MR) is 141 cm³/mol. The SMILES string of the molecule is O=C(N/N=C\c1ccc(-c2ccc(F)cc2)o1)c1ccc(-c2csc(Nc3ccc(Cl)cc3)n2)cc1. The Bertz CT molecular complexity index is 1510. The Morgan fingerprint density at radius 3 is 2.42 bits per heavy atom. The number of benzene rings is 3. The summed E-state index contributed by atoms with van der Waals surface area (Å²) in [4.78, 5) is 17.1. The minimum absolute atomic E-state index is 0.315. The maximum absolute atomic E-state index is 13.1. The van der Waals surface area contributed by atoms with Crippen LogP contribution < -0.4 is 10.7 Å². The number of furan rings is 1. The fourth-order valence-corrected chi connectivity index (χ4v) is 4.19. The molecule has 0 aliphatic heterocycles. The van der Waals surface area contributed by atoms with E-state index in [0.717, 1.165) is 27.6 Å². The second-order valence-electron chi connectivity index (χ2n) is 7.66. The molecule has 36 heavy (non-hydrogen) atoms. The zero-order chi connectivity index (χ0) is 24.9. The van der Waals surface area contributed by atoms with Crippen molar-refractivity contribution in [1.29, 1.82) is 0 Å². The van der Waals surface area contributed by atoms with Gasteiger partial charge in [-0.15, -0.1) is 11.3 Å². The van der Waals surface area contributed by atoms with E-state index in [1.807, 2.05) is 41.8 Å². The number of hydrogen-bond donors (Lipinski definition) is 2. The number of nitrogens with one attached hydrogen (secondary N) is 2. The Morgan fingerprint density at radius 1 is 0.944 bits per heavy atom. The Labute approximate surface area is 215 Å². The fourth-order valence-electron chi connectivity index (χ4n) is 3.32. The van der Waals surface area contributed by atoms with Gasteiger partial charge in [-0.2, -0.15) is 5.10 Å². The molecule has 0 bridgehead atoms. The molecule has 5 aromatic rings. The van der Waals surface area contributed by atoms with Crippen LogP contribution in [-0.2, 0) is 0 Å². The second kappa shape index (κ2) is 10.6. The Hall–Kier alpha value is -4.27. The average Bonchev–Trinajstić information content (AvgIpc) is 3.56. The molecule has 5 rings (SSSR count). The third kappa shape index (κ3) is 5.68. The van der Waals surface area contributed by atoms with E-state index in [1.54, 1.807) is 36.4 Å². The molecule has 2 aromatic heterocycles. The van der Waals surface area contributed by atoms with Gasteiger partial charge in [0.2, 0.25) is 0 Å². The molecule has 178 valence electrons. The number of rotatable bonds is 7. The number of thiazole rings is 1. The molecule has 6 nitrogen and oxygen atoms in total. The summed E-state index contributed by atoms with van der Waals surface area (Å²) in [5.74, 6) is 0.361. The lowest BCUT2D eigenvalue weighted by atomic mass is 10.1. The molecule has 0 aliphatic carbocycles. The molecular weight excluding hydrogens is 499 g/mol. The van der Waals surface area contributed by atoms with Gasteiger partial charge < -0.3 is 9.73 Å². The summed E-state index contributed by atoms with van der Waals surface area (Å²) in [6.45, 7) is 0.